The van der Waals surface area contributed by atoms with Crippen molar-refractivity contribution in [2.45, 2.75) is 39.0 Å². The van der Waals surface area contributed by atoms with Gasteiger partial charge in [0.15, 0.2) is 0 Å². The Bertz CT molecular complexity index is 747. The van der Waals surface area contributed by atoms with Gasteiger partial charge in [0, 0.05) is 20.0 Å². The molecule has 0 radical (unpaired) electrons. The van der Waals surface area contributed by atoms with Gasteiger partial charge in [0.1, 0.15) is 5.82 Å². The molecular formula is C21H25FN2. The van der Waals surface area contributed by atoms with Crippen LogP contribution in [-0.4, -0.2) is 24.8 Å². The van der Waals surface area contributed by atoms with Gasteiger partial charge in [0.2, 0.25) is 0 Å². The van der Waals surface area contributed by atoms with Crippen LogP contribution in [0.1, 0.15) is 47.9 Å². The molecule has 0 saturated heterocycles. The first-order valence-corrected chi connectivity index (χ1v) is 8.69. The molecule has 1 fully saturated rings. The summed E-state index contributed by atoms with van der Waals surface area (Å²) >= 11 is 0. The van der Waals surface area contributed by atoms with Gasteiger partial charge < -0.3 is 4.90 Å². The molecule has 2 nitrogen and oxygen atoms in total. The second-order valence-corrected chi connectivity index (χ2v) is 6.70. The molecule has 1 aliphatic rings. The summed E-state index contributed by atoms with van der Waals surface area (Å²) in [7, 11) is 2.03. The molecular weight excluding hydrogens is 299 g/mol. The number of rotatable bonds is 6. The van der Waals surface area contributed by atoms with Crippen molar-refractivity contribution in [2.75, 3.05) is 13.6 Å². The number of aliphatic imine (C=N–C) groups is 1. The Balaban J connectivity index is 1.93. The van der Waals surface area contributed by atoms with Gasteiger partial charge in [-0.25, -0.2) is 9.38 Å². The van der Waals surface area contributed by atoms with Gasteiger partial charge in [-0.3, -0.25) is 0 Å². The van der Waals surface area contributed by atoms with Crippen molar-refractivity contribution in [1.82, 2.24) is 4.90 Å². The van der Waals surface area contributed by atoms with Crippen molar-refractivity contribution in [1.29, 1.82) is 0 Å². The van der Waals surface area contributed by atoms with Crippen molar-refractivity contribution in [3.8, 4) is 0 Å². The van der Waals surface area contributed by atoms with E-state index in [0.29, 0.717) is 12.3 Å². The van der Waals surface area contributed by atoms with E-state index >= 15 is 0 Å². The lowest BCUT2D eigenvalue weighted by Gasteiger charge is -2.14. The minimum atomic E-state index is -0.128. The van der Waals surface area contributed by atoms with Crippen LogP contribution in [0.25, 0.3) is 0 Å². The van der Waals surface area contributed by atoms with E-state index in [1.165, 1.54) is 35.6 Å². The quantitative estimate of drug-likeness (QED) is 0.526. The molecule has 0 bridgehead atoms. The lowest BCUT2D eigenvalue weighted by molar-refractivity contribution is 0.552. The molecule has 2 aromatic carbocycles. The van der Waals surface area contributed by atoms with Crippen LogP contribution in [0, 0.1) is 12.7 Å². The lowest BCUT2D eigenvalue weighted by Crippen LogP contribution is -2.14. The molecule has 0 aromatic heterocycles. The standard InChI is InChI=1S/C21H25FN2/c1-4-24(3)14-23-21-11-15(2)18(13-19(21)16-9-10-16)12-17-7-5-6-8-20(17)22/h5-8,11,13-14,16H,4,9-10,12H2,1-3H3/b23-14-. The Morgan fingerprint density at radius 3 is 2.62 bits per heavy atom. The van der Waals surface area contributed by atoms with E-state index in [-0.39, 0.29) is 5.82 Å². The van der Waals surface area contributed by atoms with Gasteiger partial charge in [-0.2, -0.15) is 0 Å². The normalized spacial score (nSPS) is 14.3. The number of hydrogen-bond acceptors (Lipinski definition) is 1. The third-order valence-corrected chi connectivity index (χ3v) is 4.73. The molecule has 2 aromatic rings. The second-order valence-electron chi connectivity index (χ2n) is 6.70. The predicted molar refractivity (Wildman–Crippen MR) is 98.8 cm³/mol. The van der Waals surface area contributed by atoms with Gasteiger partial charge in [-0.05, 0) is 67.0 Å². The third-order valence-electron chi connectivity index (χ3n) is 4.73. The summed E-state index contributed by atoms with van der Waals surface area (Å²) in [5, 5.41) is 0. The van der Waals surface area contributed by atoms with Crippen molar-refractivity contribution in [3.63, 3.8) is 0 Å². The van der Waals surface area contributed by atoms with Gasteiger partial charge in [-0.1, -0.05) is 24.3 Å². The van der Waals surface area contributed by atoms with Crippen molar-refractivity contribution in [2.24, 2.45) is 4.99 Å². The number of halogens is 1. The molecule has 126 valence electrons. The number of aryl methyl sites for hydroxylation is 1. The molecule has 0 atom stereocenters. The molecule has 0 aliphatic heterocycles. The minimum Gasteiger partial charge on any atom is -0.366 e. The summed E-state index contributed by atoms with van der Waals surface area (Å²) < 4.78 is 14.0. The third kappa shape index (κ3) is 3.84. The van der Waals surface area contributed by atoms with E-state index in [9.17, 15) is 4.39 Å². The molecule has 1 aliphatic carbocycles. The van der Waals surface area contributed by atoms with Crippen LogP contribution in [0.4, 0.5) is 10.1 Å². The highest BCUT2D eigenvalue weighted by atomic mass is 19.1. The Morgan fingerprint density at radius 1 is 1.21 bits per heavy atom. The van der Waals surface area contributed by atoms with Crippen LogP contribution < -0.4 is 0 Å². The molecule has 3 heteroatoms. The van der Waals surface area contributed by atoms with Crippen LogP contribution in [-0.2, 0) is 6.42 Å². The summed E-state index contributed by atoms with van der Waals surface area (Å²) in [5.74, 6) is 0.487. The molecule has 0 unspecified atom stereocenters. The van der Waals surface area contributed by atoms with Crippen molar-refractivity contribution < 1.29 is 4.39 Å². The van der Waals surface area contributed by atoms with E-state index in [4.69, 9.17) is 4.99 Å². The monoisotopic (exact) mass is 324 g/mol. The topological polar surface area (TPSA) is 15.6 Å². The minimum absolute atomic E-state index is 0.128. The first kappa shape index (κ1) is 16.7. The van der Waals surface area contributed by atoms with Gasteiger partial charge >= 0.3 is 0 Å². The maximum Gasteiger partial charge on any atom is 0.126 e. The van der Waals surface area contributed by atoms with Crippen LogP contribution >= 0.6 is 0 Å². The smallest absolute Gasteiger partial charge is 0.126 e. The number of benzene rings is 2. The van der Waals surface area contributed by atoms with E-state index < -0.39 is 0 Å². The average Bonchev–Trinajstić information content (AvgIpc) is 3.41. The van der Waals surface area contributed by atoms with E-state index in [1.807, 2.05) is 25.5 Å². The maximum absolute atomic E-state index is 14.0. The predicted octanol–water partition coefficient (Wildman–Crippen LogP) is 5.21. The fourth-order valence-electron chi connectivity index (χ4n) is 2.87. The molecule has 0 heterocycles. The molecule has 0 N–H and O–H groups in total. The van der Waals surface area contributed by atoms with Crippen LogP contribution in [0.5, 0.6) is 0 Å². The van der Waals surface area contributed by atoms with Gasteiger partial charge in [0.25, 0.3) is 0 Å². The first-order chi connectivity index (χ1) is 11.6. The Kier molecular flexibility index (Phi) is 4.98. The number of nitrogens with zero attached hydrogens (tertiary/aromatic N) is 2. The Morgan fingerprint density at radius 2 is 1.96 bits per heavy atom. The highest BCUT2D eigenvalue weighted by Crippen LogP contribution is 2.45. The molecule has 0 spiro atoms. The highest BCUT2D eigenvalue weighted by Gasteiger charge is 2.27. The highest BCUT2D eigenvalue weighted by molar-refractivity contribution is 5.65. The number of hydrogen-bond donors (Lipinski definition) is 0. The van der Waals surface area contributed by atoms with E-state index in [2.05, 4.69) is 30.9 Å². The van der Waals surface area contributed by atoms with Crippen LogP contribution in [0.3, 0.4) is 0 Å². The molecule has 24 heavy (non-hydrogen) atoms. The molecule has 3 rings (SSSR count). The average molecular weight is 324 g/mol. The first-order valence-electron chi connectivity index (χ1n) is 8.69. The Labute approximate surface area is 144 Å². The lowest BCUT2D eigenvalue weighted by atomic mass is 9.95. The largest absolute Gasteiger partial charge is 0.366 e. The zero-order chi connectivity index (χ0) is 17.1. The van der Waals surface area contributed by atoms with Crippen molar-refractivity contribution >= 4 is 12.0 Å². The molecule has 1 saturated carbocycles. The summed E-state index contributed by atoms with van der Waals surface area (Å²) in [5.41, 5.74) is 5.50. The fourth-order valence-corrected chi connectivity index (χ4v) is 2.87. The van der Waals surface area contributed by atoms with Crippen molar-refractivity contribution in [3.05, 3.63) is 64.5 Å². The molecule has 0 amide bonds. The van der Waals surface area contributed by atoms with Crippen LogP contribution in [0.15, 0.2) is 41.4 Å². The Hall–Kier alpha value is -2.16. The summed E-state index contributed by atoms with van der Waals surface area (Å²) in [6.45, 7) is 5.14. The summed E-state index contributed by atoms with van der Waals surface area (Å²) in [4.78, 5) is 6.76. The van der Waals surface area contributed by atoms with Gasteiger partial charge in [-0.15, -0.1) is 0 Å². The SMILES string of the molecule is CCN(C)/C=N\c1cc(C)c(Cc2ccccc2F)cc1C1CC1. The summed E-state index contributed by atoms with van der Waals surface area (Å²) in [6, 6.07) is 11.4. The second kappa shape index (κ2) is 7.16. The van der Waals surface area contributed by atoms with Gasteiger partial charge in [0.05, 0.1) is 12.0 Å². The van der Waals surface area contributed by atoms with E-state index in [1.54, 1.807) is 6.07 Å². The van der Waals surface area contributed by atoms with E-state index in [0.717, 1.165) is 17.8 Å². The maximum atomic E-state index is 14.0. The summed E-state index contributed by atoms with van der Waals surface area (Å²) in [6.07, 6.45) is 5.00. The van der Waals surface area contributed by atoms with Crippen LogP contribution in [0.2, 0.25) is 0 Å². The fraction of sp³-hybridized carbons (Fsp3) is 0.381. The zero-order valence-corrected chi connectivity index (χ0v) is 14.7. The zero-order valence-electron chi connectivity index (χ0n) is 14.7.